The molecule has 2 rings (SSSR count). The molecule has 1 aromatic carbocycles. The molecule has 0 spiro atoms. The standard InChI is InChI=1S/C14H15F2N3/c1-3-9-6-4-5-7-12(9)18-14-11(16)8-10(15)13(17-2)19-14/h4-8H,3H2,1-2H3,(H2,17,18,19). The predicted octanol–water partition coefficient (Wildman–Crippen LogP) is 3.71. The summed E-state index contributed by atoms with van der Waals surface area (Å²) in [6.45, 7) is 2.01. The Bertz CT molecular complexity index is 585. The van der Waals surface area contributed by atoms with Gasteiger partial charge >= 0.3 is 0 Å². The third-order valence-electron chi connectivity index (χ3n) is 2.82. The van der Waals surface area contributed by atoms with Crippen molar-refractivity contribution in [2.75, 3.05) is 17.7 Å². The van der Waals surface area contributed by atoms with Gasteiger partial charge < -0.3 is 10.6 Å². The molecule has 19 heavy (non-hydrogen) atoms. The number of aromatic nitrogens is 1. The summed E-state index contributed by atoms with van der Waals surface area (Å²) in [5.41, 5.74) is 1.81. The lowest BCUT2D eigenvalue weighted by atomic mass is 10.1. The fraction of sp³-hybridized carbons (Fsp3) is 0.214. The van der Waals surface area contributed by atoms with E-state index in [9.17, 15) is 8.78 Å². The van der Waals surface area contributed by atoms with Gasteiger partial charge in [0, 0.05) is 18.8 Å². The third-order valence-corrected chi connectivity index (χ3v) is 2.82. The van der Waals surface area contributed by atoms with Crippen molar-refractivity contribution in [3.8, 4) is 0 Å². The number of benzene rings is 1. The molecule has 0 aliphatic heterocycles. The van der Waals surface area contributed by atoms with Crippen LogP contribution < -0.4 is 10.6 Å². The van der Waals surface area contributed by atoms with Crippen molar-refractivity contribution in [3.05, 3.63) is 47.5 Å². The molecule has 3 nitrogen and oxygen atoms in total. The van der Waals surface area contributed by atoms with Gasteiger partial charge in [-0.05, 0) is 18.1 Å². The first-order valence-electron chi connectivity index (χ1n) is 6.04. The molecule has 0 saturated heterocycles. The number of hydrogen-bond acceptors (Lipinski definition) is 3. The monoisotopic (exact) mass is 263 g/mol. The highest BCUT2D eigenvalue weighted by Gasteiger charge is 2.12. The number of halogens is 2. The summed E-state index contributed by atoms with van der Waals surface area (Å²) in [4.78, 5) is 3.89. The molecule has 0 fully saturated rings. The summed E-state index contributed by atoms with van der Waals surface area (Å²) in [5, 5.41) is 5.49. The number of anilines is 3. The summed E-state index contributed by atoms with van der Waals surface area (Å²) in [6, 6.07) is 8.36. The normalized spacial score (nSPS) is 10.3. The van der Waals surface area contributed by atoms with Crippen LogP contribution in [0.1, 0.15) is 12.5 Å². The van der Waals surface area contributed by atoms with Crippen LogP contribution >= 0.6 is 0 Å². The van der Waals surface area contributed by atoms with Crippen molar-refractivity contribution < 1.29 is 8.78 Å². The molecule has 100 valence electrons. The van der Waals surface area contributed by atoms with Gasteiger partial charge in [-0.15, -0.1) is 0 Å². The molecule has 0 radical (unpaired) electrons. The Morgan fingerprint density at radius 3 is 2.47 bits per heavy atom. The Labute approximate surface area is 110 Å². The van der Waals surface area contributed by atoms with E-state index in [1.165, 1.54) is 7.05 Å². The van der Waals surface area contributed by atoms with Crippen molar-refractivity contribution in [1.82, 2.24) is 4.98 Å². The maximum atomic E-state index is 13.7. The smallest absolute Gasteiger partial charge is 0.169 e. The van der Waals surface area contributed by atoms with Crippen LogP contribution in [0.2, 0.25) is 0 Å². The zero-order valence-corrected chi connectivity index (χ0v) is 10.8. The van der Waals surface area contributed by atoms with Gasteiger partial charge in [-0.1, -0.05) is 25.1 Å². The second-order valence-electron chi connectivity index (χ2n) is 4.03. The van der Waals surface area contributed by atoms with E-state index < -0.39 is 11.6 Å². The number of hydrogen-bond donors (Lipinski definition) is 2. The molecule has 2 aromatic rings. The predicted molar refractivity (Wildman–Crippen MR) is 72.8 cm³/mol. The summed E-state index contributed by atoms with van der Waals surface area (Å²) < 4.78 is 27.0. The lowest BCUT2D eigenvalue weighted by Gasteiger charge is -2.12. The zero-order valence-electron chi connectivity index (χ0n) is 10.8. The Kier molecular flexibility index (Phi) is 3.94. The van der Waals surface area contributed by atoms with Crippen molar-refractivity contribution in [2.45, 2.75) is 13.3 Å². The highest BCUT2D eigenvalue weighted by atomic mass is 19.1. The Hall–Kier alpha value is -2.17. The summed E-state index contributed by atoms with van der Waals surface area (Å²) in [7, 11) is 1.53. The van der Waals surface area contributed by atoms with E-state index in [1.54, 1.807) is 0 Å². The van der Waals surface area contributed by atoms with Crippen molar-refractivity contribution >= 4 is 17.3 Å². The number of rotatable bonds is 4. The maximum Gasteiger partial charge on any atom is 0.169 e. The molecule has 0 amide bonds. The lowest BCUT2D eigenvalue weighted by molar-refractivity contribution is 0.580. The second-order valence-corrected chi connectivity index (χ2v) is 4.03. The van der Waals surface area contributed by atoms with Gasteiger partial charge in [0.1, 0.15) is 0 Å². The van der Waals surface area contributed by atoms with Gasteiger partial charge in [0.2, 0.25) is 0 Å². The fourth-order valence-electron chi connectivity index (χ4n) is 1.81. The first-order chi connectivity index (χ1) is 9.15. The van der Waals surface area contributed by atoms with E-state index in [2.05, 4.69) is 15.6 Å². The Balaban J connectivity index is 2.38. The Morgan fingerprint density at radius 2 is 1.79 bits per heavy atom. The van der Waals surface area contributed by atoms with E-state index in [0.717, 1.165) is 23.7 Å². The molecule has 1 aromatic heterocycles. The minimum atomic E-state index is -0.720. The third kappa shape index (κ3) is 2.81. The number of pyridine rings is 1. The largest absolute Gasteiger partial charge is 0.371 e. The molecule has 0 bridgehead atoms. The minimum absolute atomic E-state index is 0.00616. The summed E-state index contributed by atoms with van der Waals surface area (Å²) in [6.07, 6.45) is 0.810. The van der Waals surface area contributed by atoms with Crippen LogP contribution in [0.4, 0.5) is 26.1 Å². The van der Waals surface area contributed by atoms with Crippen LogP contribution in [-0.2, 0) is 6.42 Å². The van der Waals surface area contributed by atoms with E-state index in [0.29, 0.717) is 0 Å². The molecule has 2 N–H and O–H groups in total. The van der Waals surface area contributed by atoms with Gasteiger partial charge in [0.15, 0.2) is 23.3 Å². The molecule has 5 heteroatoms. The average molecular weight is 263 g/mol. The zero-order chi connectivity index (χ0) is 13.8. The van der Waals surface area contributed by atoms with E-state index >= 15 is 0 Å². The second kappa shape index (κ2) is 5.65. The molecule has 0 unspecified atom stereocenters. The molecule has 0 aliphatic rings. The summed E-state index contributed by atoms with van der Waals surface area (Å²) in [5.74, 6) is -1.42. The molecular weight excluding hydrogens is 248 g/mol. The lowest BCUT2D eigenvalue weighted by Crippen LogP contribution is -2.04. The minimum Gasteiger partial charge on any atom is -0.371 e. The highest BCUT2D eigenvalue weighted by Crippen LogP contribution is 2.24. The first-order valence-corrected chi connectivity index (χ1v) is 6.04. The van der Waals surface area contributed by atoms with E-state index in [-0.39, 0.29) is 11.6 Å². The molecule has 0 saturated carbocycles. The van der Waals surface area contributed by atoms with Crippen LogP contribution in [0.5, 0.6) is 0 Å². The molecule has 0 aliphatic carbocycles. The number of nitrogens with zero attached hydrogens (tertiary/aromatic N) is 1. The van der Waals surface area contributed by atoms with E-state index in [4.69, 9.17) is 0 Å². The van der Waals surface area contributed by atoms with Crippen LogP contribution in [0.25, 0.3) is 0 Å². The van der Waals surface area contributed by atoms with Gasteiger partial charge in [-0.25, -0.2) is 13.8 Å². The number of nitrogens with one attached hydrogen (secondary N) is 2. The van der Waals surface area contributed by atoms with Crippen LogP contribution in [0.3, 0.4) is 0 Å². The molecular formula is C14H15F2N3. The molecule has 0 atom stereocenters. The number of para-hydroxylation sites is 1. The van der Waals surface area contributed by atoms with Crippen molar-refractivity contribution in [3.63, 3.8) is 0 Å². The van der Waals surface area contributed by atoms with Crippen LogP contribution in [0.15, 0.2) is 30.3 Å². The number of aryl methyl sites for hydroxylation is 1. The quantitative estimate of drug-likeness (QED) is 0.883. The first kappa shape index (κ1) is 13.3. The van der Waals surface area contributed by atoms with Gasteiger partial charge in [-0.3, -0.25) is 0 Å². The maximum absolute atomic E-state index is 13.7. The van der Waals surface area contributed by atoms with Gasteiger partial charge in [0.05, 0.1) is 0 Å². The van der Waals surface area contributed by atoms with E-state index in [1.807, 2.05) is 31.2 Å². The van der Waals surface area contributed by atoms with Crippen LogP contribution in [0, 0.1) is 11.6 Å². The highest BCUT2D eigenvalue weighted by molar-refractivity contribution is 5.62. The average Bonchev–Trinajstić information content (AvgIpc) is 2.42. The SMILES string of the molecule is CCc1ccccc1Nc1nc(NC)c(F)cc1F. The topological polar surface area (TPSA) is 37.0 Å². The van der Waals surface area contributed by atoms with Crippen molar-refractivity contribution in [2.24, 2.45) is 0 Å². The van der Waals surface area contributed by atoms with Gasteiger partial charge in [0.25, 0.3) is 0 Å². The Morgan fingerprint density at radius 1 is 1.11 bits per heavy atom. The van der Waals surface area contributed by atoms with Gasteiger partial charge in [-0.2, -0.15) is 0 Å². The van der Waals surface area contributed by atoms with Crippen molar-refractivity contribution in [1.29, 1.82) is 0 Å². The summed E-state index contributed by atoms with van der Waals surface area (Å²) >= 11 is 0. The fourth-order valence-corrected chi connectivity index (χ4v) is 1.81. The van der Waals surface area contributed by atoms with Crippen LogP contribution in [-0.4, -0.2) is 12.0 Å². The molecule has 1 heterocycles.